The van der Waals surface area contributed by atoms with E-state index in [0.29, 0.717) is 0 Å². The highest BCUT2D eigenvalue weighted by Gasteiger charge is 2.21. The van der Waals surface area contributed by atoms with Crippen molar-refractivity contribution in [2.45, 2.75) is 0 Å². The van der Waals surface area contributed by atoms with E-state index in [2.05, 4.69) is 0 Å². The Balaban J connectivity index is 3.41. The molecule has 0 saturated carbocycles. The first-order chi connectivity index (χ1) is 6.97. The van der Waals surface area contributed by atoms with Gasteiger partial charge in [0, 0.05) is 6.07 Å². The minimum absolute atomic E-state index is 0.0505. The second kappa shape index (κ2) is 4.46. The van der Waals surface area contributed by atoms with E-state index in [4.69, 9.17) is 28.9 Å². The zero-order valence-electron chi connectivity index (χ0n) is 7.37. The lowest BCUT2D eigenvalue weighted by atomic mass is 10.1. The largest absolute Gasteiger partial charge is 0.397 e. The molecule has 1 aromatic rings. The van der Waals surface area contributed by atoms with Gasteiger partial charge in [0.05, 0.1) is 27.1 Å². The number of carbonyl (C=O) groups excluding carboxylic acids is 1. The normalized spacial score (nSPS) is 10.0. The molecule has 0 amide bonds. The predicted molar refractivity (Wildman–Crippen MR) is 57.6 cm³/mol. The van der Waals surface area contributed by atoms with Gasteiger partial charge in [-0.15, -0.1) is 11.6 Å². The number of anilines is 1. The molecule has 0 bridgehead atoms. The van der Waals surface area contributed by atoms with Crippen LogP contribution in [0.2, 0.25) is 5.02 Å². The third kappa shape index (κ3) is 2.37. The Morgan fingerprint density at radius 2 is 2.13 bits per heavy atom. The number of rotatable bonds is 3. The highest BCUT2D eigenvalue weighted by Crippen LogP contribution is 2.29. The molecule has 0 saturated heterocycles. The van der Waals surface area contributed by atoms with Crippen molar-refractivity contribution in [3.8, 4) is 0 Å². The maximum atomic E-state index is 11.3. The summed E-state index contributed by atoms with van der Waals surface area (Å²) in [4.78, 5) is 21.2. The van der Waals surface area contributed by atoms with Crippen LogP contribution in [0.5, 0.6) is 0 Å². The van der Waals surface area contributed by atoms with Crippen LogP contribution in [0, 0.1) is 10.1 Å². The van der Waals surface area contributed by atoms with Crippen molar-refractivity contribution >= 4 is 40.4 Å². The van der Waals surface area contributed by atoms with Crippen LogP contribution in [-0.4, -0.2) is 16.6 Å². The molecule has 0 aliphatic rings. The molecule has 0 atom stereocenters. The summed E-state index contributed by atoms with van der Waals surface area (Å²) < 4.78 is 0. The molecular weight excluding hydrogens is 243 g/mol. The molecule has 0 fully saturated rings. The van der Waals surface area contributed by atoms with Crippen LogP contribution in [0.15, 0.2) is 12.1 Å². The van der Waals surface area contributed by atoms with Crippen molar-refractivity contribution in [1.29, 1.82) is 0 Å². The summed E-state index contributed by atoms with van der Waals surface area (Å²) in [6.07, 6.45) is 0. The fourth-order valence-electron chi connectivity index (χ4n) is 1.02. The molecule has 2 N–H and O–H groups in total. The number of halogens is 2. The molecule has 0 unspecified atom stereocenters. The number of nitrogens with two attached hydrogens (primary N) is 1. The number of nitrogens with zero attached hydrogens (tertiary/aromatic N) is 1. The molecule has 5 nitrogen and oxygen atoms in total. The Morgan fingerprint density at radius 1 is 1.53 bits per heavy atom. The first-order valence-electron chi connectivity index (χ1n) is 3.80. The Morgan fingerprint density at radius 3 is 2.60 bits per heavy atom. The summed E-state index contributed by atoms with van der Waals surface area (Å²) in [6, 6.07) is 2.20. The van der Waals surface area contributed by atoms with E-state index in [1.54, 1.807) is 0 Å². The molecule has 0 radical (unpaired) electrons. The number of nitro benzene ring substituents is 1. The van der Waals surface area contributed by atoms with Gasteiger partial charge in [0.25, 0.3) is 5.69 Å². The fraction of sp³-hybridized carbons (Fsp3) is 0.125. The second-order valence-corrected chi connectivity index (χ2v) is 3.38. The van der Waals surface area contributed by atoms with Crippen LogP contribution in [0.3, 0.4) is 0 Å². The fourth-order valence-corrected chi connectivity index (χ4v) is 1.33. The lowest BCUT2D eigenvalue weighted by molar-refractivity contribution is -0.385. The molecular formula is C8H6Cl2N2O3. The third-order valence-corrected chi connectivity index (χ3v) is 2.30. The van der Waals surface area contributed by atoms with Crippen LogP contribution < -0.4 is 5.73 Å². The SMILES string of the molecule is Nc1cc([N+](=O)[O-])c(C(=O)CCl)cc1Cl. The van der Waals surface area contributed by atoms with Gasteiger partial charge in [-0.1, -0.05) is 11.6 Å². The molecule has 0 aliphatic carbocycles. The van der Waals surface area contributed by atoms with Gasteiger partial charge in [0.15, 0.2) is 5.78 Å². The lowest BCUT2D eigenvalue weighted by Gasteiger charge is -2.03. The highest BCUT2D eigenvalue weighted by molar-refractivity contribution is 6.35. The number of alkyl halides is 1. The first kappa shape index (κ1) is 11.7. The Hall–Kier alpha value is -1.33. The molecule has 0 aromatic heterocycles. The molecule has 0 aliphatic heterocycles. The number of hydrogen-bond donors (Lipinski definition) is 1. The Kier molecular flexibility index (Phi) is 3.49. The van der Waals surface area contributed by atoms with Crippen LogP contribution in [0.1, 0.15) is 10.4 Å². The van der Waals surface area contributed by atoms with Gasteiger partial charge in [-0.25, -0.2) is 0 Å². The summed E-state index contributed by atoms with van der Waals surface area (Å²) in [5, 5.41) is 10.7. The summed E-state index contributed by atoms with van der Waals surface area (Å²) in [6.45, 7) is 0. The minimum atomic E-state index is -0.702. The van der Waals surface area contributed by atoms with E-state index in [1.165, 1.54) is 0 Å². The van der Waals surface area contributed by atoms with Crippen molar-refractivity contribution in [2.24, 2.45) is 0 Å². The molecule has 0 spiro atoms. The number of Topliss-reactive ketones (excluding diaryl/α,β-unsaturated/α-hetero) is 1. The van der Waals surface area contributed by atoms with Gasteiger partial charge in [0.1, 0.15) is 0 Å². The number of carbonyl (C=O) groups is 1. The van der Waals surface area contributed by atoms with Gasteiger partial charge < -0.3 is 5.73 Å². The third-order valence-electron chi connectivity index (χ3n) is 1.73. The average molecular weight is 249 g/mol. The number of ketones is 1. The monoisotopic (exact) mass is 248 g/mol. The number of nitrogen functional groups attached to an aromatic ring is 1. The predicted octanol–water partition coefficient (Wildman–Crippen LogP) is 2.25. The summed E-state index contributed by atoms with van der Waals surface area (Å²) in [5.41, 5.74) is 4.92. The van der Waals surface area contributed by atoms with Gasteiger partial charge >= 0.3 is 0 Å². The summed E-state index contributed by atoms with van der Waals surface area (Å²) in [5.74, 6) is -0.911. The summed E-state index contributed by atoms with van der Waals surface area (Å²) in [7, 11) is 0. The zero-order chi connectivity index (χ0) is 11.6. The van der Waals surface area contributed by atoms with Crippen molar-refractivity contribution in [3.05, 3.63) is 32.8 Å². The van der Waals surface area contributed by atoms with Gasteiger partial charge in [-0.05, 0) is 6.07 Å². The highest BCUT2D eigenvalue weighted by atomic mass is 35.5. The Labute approximate surface area is 94.9 Å². The maximum Gasteiger partial charge on any atom is 0.282 e. The standard InChI is InChI=1S/C8H6Cl2N2O3/c9-3-8(13)4-1-5(10)6(11)2-7(4)12(14)15/h1-2H,3,11H2. The summed E-state index contributed by atoms with van der Waals surface area (Å²) >= 11 is 11.0. The first-order valence-corrected chi connectivity index (χ1v) is 4.71. The smallest absolute Gasteiger partial charge is 0.282 e. The van der Waals surface area contributed by atoms with E-state index < -0.39 is 10.7 Å². The second-order valence-electron chi connectivity index (χ2n) is 2.70. The number of hydrogen-bond acceptors (Lipinski definition) is 4. The van der Waals surface area contributed by atoms with Crippen molar-refractivity contribution in [1.82, 2.24) is 0 Å². The molecule has 1 aromatic carbocycles. The minimum Gasteiger partial charge on any atom is -0.397 e. The van der Waals surface area contributed by atoms with Gasteiger partial charge in [-0.2, -0.15) is 0 Å². The van der Waals surface area contributed by atoms with Crippen LogP contribution >= 0.6 is 23.2 Å². The van der Waals surface area contributed by atoms with Crippen LogP contribution in [0.4, 0.5) is 11.4 Å². The number of nitro groups is 1. The van der Waals surface area contributed by atoms with E-state index in [1.807, 2.05) is 0 Å². The molecule has 7 heteroatoms. The topological polar surface area (TPSA) is 86.2 Å². The maximum absolute atomic E-state index is 11.3. The van der Waals surface area contributed by atoms with Crippen molar-refractivity contribution < 1.29 is 9.72 Å². The zero-order valence-corrected chi connectivity index (χ0v) is 8.88. The van der Waals surface area contributed by atoms with E-state index in [9.17, 15) is 14.9 Å². The lowest BCUT2D eigenvalue weighted by Crippen LogP contribution is -2.06. The Bertz CT molecular complexity index is 434. The van der Waals surface area contributed by atoms with Crippen molar-refractivity contribution in [3.63, 3.8) is 0 Å². The molecule has 80 valence electrons. The van der Waals surface area contributed by atoms with Gasteiger partial charge in [0.2, 0.25) is 0 Å². The quantitative estimate of drug-likeness (QED) is 0.292. The van der Waals surface area contributed by atoms with E-state index >= 15 is 0 Å². The van der Waals surface area contributed by atoms with Gasteiger partial charge in [-0.3, -0.25) is 14.9 Å². The van der Waals surface area contributed by atoms with Crippen LogP contribution in [0.25, 0.3) is 0 Å². The number of benzene rings is 1. The molecule has 15 heavy (non-hydrogen) atoms. The van der Waals surface area contributed by atoms with Crippen LogP contribution in [-0.2, 0) is 0 Å². The molecule has 0 heterocycles. The van der Waals surface area contributed by atoms with E-state index in [0.717, 1.165) is 12.1 Å². The molecule has 1 rings (SSSR count). The average Bonchev–Trinajstić information content (AvgIpc) is 2.20. The van der Waals surface area contributed by atoms with Crippen molar-refractivity contribution in [2.75, 3.05) is 11.6 Å². The van der Waals surface area contributed by atoms with E-state index in [-0.39, 0.29) is 27.8 Å².